The van der Waals surface area contributed by atoms with Crippen LogP contribution in [0.2, 0.25) is 0 Å². The van der Waals surface area contributed by atoms with Crippen molar-refractivity contribution in [2.75, 3.05) is 32.2 Å². The molecule has 1 aliphatic rings. The van der Waals surface area contributed by atoms with Crippen molar-refractivity contribution < 1.29 is 19.1 Å². The summed E-state index contributed by atoms with van der Waals surface area (Å²) in [4.78, 5) is 27.2. The van der Waals surface area contributed by atoms with Gasteiger partial charge in [0.1, 0.15) is 6.61 Å². The minimum Gasteiger partial charge on any atom is -0.460 e. The van der Waals surface area contributed by atoms with Crippen LogP contribution in [0, 0.1) is 5.41 Å². The molecule has 1 aromatic carbocycles. The quantitative estimate of drug-likeness (QED) is 0.388. The van der Waals surface area contributed by atoms with Gasteiger partial charge in [-0.2, -0.15) is 0 Å². The molecule has 30 heavy (non-hydrogen) atoms. The molecule has 1 heterocycles. The molecule has 8 heteroatoms. The highest BCUT2D eigenvalue weighted by molar-refractivity contribution is 7.80. The molecular formula is C22H31N3O4S. The fourth-order valence-electron chi connectivity index (χ4n) is 3.09. The third-order valence-corrected chi connectivity index (χ3v) is 5.15. The smallest absolute Gasteiger partial charge is 0.338 e. The largest absolute Gasteiger partial charge is 0.460 e. The number of ether oxygens (including phenoxy) is 2. The monoisotopic (exact) mass is 433 g/mol. The number of rotatable bonds is 7. The van der Waals surface area contributed by atoms with Crippen molar-refractivity contribution in [1.29, 1.82) is 0 Å². The topological polar surface area (TPSA) is 79.9 Å². The van der Waals surface area contributed by atoms with Gasteiger partial charge in [-0.25, -0.2) is 4.79 Å². The number of allylic oxidation sites excluding steroid dienone is 1. The van der Waals surface area contributed by atoms with Gasteiger partial charge in [0.15, 0.2) is 5.11 Å². The van der Waals surface area contributed by atoms with E-state index in [0.29, 0.717) is 29.5 Å². The Balaban J connectivity index is 2.40. The Morgan fingerprint density at radius 1 is 1.27 bits per heavy atom. The molecule has 1 aromatic rings. The first-order valence-electron chi connectivity index (χ1n) is 9.96. The predicted molar refractivity (Wildman–Crippen MR) is 121 cm³/mol. The number of hydrogen-bond donors (Lipinski definition) is 2. The first-order valence-corrected chi connectivity index (χ1v) is 10.4. The summed E-state index contributed by atoms with van der Waals surface area (Å²) >= 11 is 5.52. The Kier molecular flexibility index (Phi) is 7.97. The van der Waals surface area contributed by atoms with Crippen LogP contribution >= 0.6 is 12.2 Å². The first-order chi connectivity index (χ1) is 14.1. The van der Waals surface area contributed by atoms with Gasteiger partial charge in [0.25, 0.3) is 0 Å². The van der Waals surface area contributed by atoms with Gasteiger partial charge < -0.3 is 25.0 Å². The molecule has 0 bridgehead atoms. The molecule has 0 unspecified atom stereocenters. The van der Waals surface area contributed by atoms with Crippen molar-refractivity contribution in [2.45, 2.75) is 40.7 Å². The number of anilines is 1. The van der Waals surface area contributed by atoms with Gasteiger partial charge in [0, 0.05) is 30.5 Å². The number of carbonyl (C=O) groups excluding carboxylic acids is 2. The minimum atomic E-state index is -0.519. The lowest BCUT2D eigenvalue weighted by Crippen LogP contribution is -2.47. The lowest BCUT2D eigenvalue weighted by atomic mass is 9.93. The summed E-state index contributed by atoms with van der Waals surface area (Å²) in [6, 6.07) is 6.92. The van der Waals surface area contributed by atoms with Gasteiger partial charge in [0.05, 0.1) is 18.2 Å². The number of benzene rings is 1. The number of thiocarbonyl (C=S) groups is 1. The van der Waals surface area contributed by atoms with Crippen molar-refractivity contribution in [3.8, 4) is 0 Å². The van der Waals surface area contributed by atoms with E-state index in [2.05, 4.69) is 10.6 Å². The van der Waals surface area contributed by atoms with Gasteiger partial charge >= 0.3 is 5.97 Å². The lowest BCUT2D eigenvalue weighted by molar-refractivity contribution is -0.140. The summed E-state index contributed by atoms with van der Waals surface area (Å²) in [6.45, 7) is 10.5. The molecule has 0 saturated heterocycles. The fourth-order valence-corrected chi connectivity index (χ4v) is 3.47. The van der Waals surface area contributed by atoms with E-state index in [4.69, 9.17) is 21.7 Å². The molecule has 2 rings (SSSR count). The van der Waals surface area contributed by atoms with E-state index < -0.39 is 17.4 Å². The number of amides is 1. The fraction of sp³-hybridized carbons (Fsp3) is 0.500. The maximum atomic E-state index is 12.9. The molecule has 1 atom stereocenters. The minimum absolute atomic E-state index is 0.0881. The number of nitrogens with zero attached hydrogens (tertiary/aromatic N) is 1. The molecular weight excluding hydrogens is 402 g/mol. The van der Waals surface area contributed by atoms with Gasteiger partial charge in [-0.3, -0.25) is 4.79 Å². The zero-order valence-electron chi connectivity index (χ0n) is 18.5. The molecule has 0 spiro atoms. The molecule has 0 aromatic heterocycles. The van der Waals surface area contributed by atoms with Crippen LogP contribution in [0.3, 0.4) is 0 Å². The average molecular weight is 434 g/mol. The maximum absolute atomic E-state index is 12.9. The van der Waals surface area contributed by atoms with E-state index in [1.807, 2.05) is 63.8 Å². The Morgan fingerprint density at radius 3 is 2.57 bits per heavy atom. The normalized spacial score (nSPS) is 16.9. The number of methoxy groups -OCH3 is 1. The standard InChI is InChI=1S/C22H31N3O4S/c1-7-25-14(2)17(19(26)29-12-11-28-6)18(24-21(25)30)15-9-8-10-16(13-15)23-20(27)22(3,4)5/h8-10,13,18H,7,11-12H2,1-6H3,(H,23,27)(H,24,30)/t18-/m0/s1. The lowest BCUT2D eigenvalue weighted by Gasteiger charge is -2.37. The predicted octanol–water partition coefficient (Wildman–Crippen LogP) is 3.39. The summed E-state index contributed by atoms with van der Waals surface area (Å²) in [5.41, 5.74) is 2.18. The van der Waals surface area contributed by atoms with Crippen molar-refractivity contribution in [2.24, 2.45) is 5.41 Å². The number of carbonyl (C=O) groups is 2. The van der Waals surface area contributed by atoms with Gasteiger partial charge in [-0.15, -0.1) is 0 Å². The van der Waals surface area contributed by atoms with Crippen LogP contribution in [0.5, 0.6) is 0 Å². The second-order valence-electron chi connectivity index (χ2n) is 8.08. The Hall–Kier alpha value is -2.45. The van der Waals surface area contributed by atoms with Crippen LogP contribution in [0.1, 0.15) is 46.2 Å². The summed E-state index contributed by atoms with van der Waals surface area (Å²) in [5.74, 6) is -0.512. The van der Waals surface area contributed by atoms with Crippen LogP contribution in [-0.2, 0) is 19.1 Å². The molecule has 164 valence electrons. The molecule has 0 fully saturated rings. The van der Waals surface area contributed by atoms with E-state index in [-0.39, 0.29) is 12.5 Å². The van der Waals surface area contributed by atoms with Crippen molar-refractivity contribution in [1.82, 2.24) is 10.2 Å². The summed E-state index contributed by atoms with van der Waals surface area (Å²) in [7, 11) is 1.55. The Morgan fingerprint density at radius 2 is 1.97 bits per heavy atom. The Labute approximate surface area is 183 Å². The third-order valence-electron chi connectivity index (χ3n) is 4.81. The van der Waals surface area contributed by atoms with Crippen LogP contribution in [-0.4, -0.2) is 48.8 Å². The number of hydrogen-bond acceptors (Lipinski definition) is 5. The van der Waals surface area contributed by atoms with Crippen LogP contribution in [0.15, 0.2) is 35.5 Å². The molecule has 1 amide bonds. The number of nitrogens with one attached hydrogen (secondary N) is 2. The van der Waals surface area contributed by atoms with Crippen LogP contribution in [0.4, 0.5) is 5.69 Å². The summed E-state index contributed by atoms with van der Waals surface area (Å²) in [5, 5.41) is 6.72. The number of esters is 1. The zero-order valence-corrected chi connectivity index (χ0v) is 19.3. The highest BCUT2D eigenvalue weighted by atomic mass is 32.1. The highest BCUT2D eigenvalue weighted by Gasteiger charge is 2.34. The second-order valence-corrected chi connectivity index (χ2v) is 8.47. The van der Waals surface area contributed by atoms with E-state index in [1.165, 1.54) is 0 Å². The molecule has 1 aliphatic heterocycles. The van der Waals surface area contributed by atoms with Crippen molar-refractivity contribution >= 4 is 34.9 Å². The summed E-state index contributed by atoms with van der Waals surface area (Å²) in [6.07, 6.45) is 0. The van der Waals surface area contributed by atoms with E-state index >= 15 is 0 Å². The van der Waals surface area contributed by atoms with E-state index in [1.54, 1.807) is 7.11 Å². The van der Waals surface area contributed by atoms with Gasteiger partial charge in [-0.05, 0) is 43.8 Å². The van der Waals surface area contributed by atoms with Crippen molar-refractivity contribution in [3.63, 3.8) is 0 Å². The molecule has 7 nitrogen and oxygen atoms in total. The Bertz CT molecular complexity index is 845. The molecule has 2 N–H and O–H groups in total. The second kappa shape index (κ2) is 10.0. The summed E-state index contributed by atoms with van der Waals surface area (Å²) < 4.78 is 10.4. The van der Waals surface area contributed by atoms with E-state index in [0.717, 1.165) is 11.3 Å². The van der Waals surface area contributed by atoms with Crippen molar-refractivity contribution in [3.05, 3.63) is 41.1 Å². The van der Waals surface area contributed by atoms with Gasteiger partial charge in [-0.1, -0.05) is 32.9 Å². The molecule has 0 aliphatic carbocycles. The van der Waals surface area contributed by atoms with Crippen LogP contribution < -0.4 is 10.6 Å². The SMILES string of the molecule is CCN1C(=S)N[C@@H](c2cccc(NC(=O)C(C)(C)C)c2)C(C(=O)OCCOC)=C1C. The first kappa shape index (κ1) is 23.8. The molecule has 0 saturated carbocycles. The van der Waals surface area contributed by atoms with E-state index in [9.17, 15) is 9.59 Å². The van der Waals surface area contributed by atoms with Gasteiger partial charge in [0.2, 0.25) is 5.91 Å². The zero-order chi connectivity index (χ0) is 22.5. The third kappa shape index (κ3) is 5.58. The highest BCUT2D eigenvalue weighted by Crippen LogP contribution is 2.32. The van der Waals surface area contributed by atoms with Crippen LogP contribution in [0.25, 0.3) is 0 Å². The average Bonchev–Trinajstić information content (AvgIpc) is 2.67. The maximum Gasteiger partial charge on any atom is 0.338 e. The molecule has 0 radical (unpaired) electrons.